The highest BCUT2D eigenvalue weighted by Crippen LogP contribution is 2.13. The van der Waals surface area contributed by atoms with Gasteiger partial charge in [-0.15, -0.1) is 0 Å². The Bertz CT molecular complexity index is 660. The third-order valence-electron chi connectivity index (χ3n) is 2.78. The summed E-state index contributed by atoms with van der Waals surface area (Å²) in [5.74, 6) is 0. The normalized spacial score (nSPS) is 13.3. The molecule has 122 valence electrons. The summed E-state index contributed by atoms with van der Waals surface area (Å²) in [6, 6.07) is 0. The number of unbranched alkanes of at least 4 members (excludes halogenated alkanes) is 1. The van der Waals surface area contributed by atoms with Crippen molar-refractivity contribution in [2.45, 2.75) is 21.5 Å². The van der Waals surface area contributed by atoms with Crippen LogP contribution in [0.3, 0.4) is 0 Å². The van der Waals surface area contributed by atoms with Gasteiger partial charge in [-0.05, 0) is 25.4 Å². The summed E-state index contributed by atoms with van der Waals surface area (Å²) < 4.78 is 5.81. The van der Waals surface area contributed by atoms with Crippen LogP contribution in [0.2, 0.25) is 0 Å². The van der Waals surface area contributed by atoms with Gasteiger partial charge in [0.1, 0.15) is 0 Å². The summed E-state index contributed by atoms with van der Waals surface area (Å²) in [5.41, 5.74) is 0. The SMILES string of the molecule is CSc1nn(C)c(=NCCCCN=c2sc(SC)nn2C)s1. The molecule has 2 heterocycles. The summed E-state index contributed by atoms with van der Waals surface area (Å²) in [6.45, 7) is 1.65. The zero-order valence-electron chi connectivity index (χ0n) is 13.1. The molecule has 2 aromatic heterocycles. The van der Waals surface area contributed by atoms with Gasteiger partial charge in [-0.25, -0.2) is 9.36 Å². The first kappa shape index (κ1) is 17.8. The van der Waals surface area contributed by atoms with E-state index in [4.69, 9.17) is 0 Å². The molecule has 0 saturated heterocycles. The van der Waals surface area contributed by atoms with E-state index in [9.17, 15) is 0 Å². The van der Waals surface area contributed by atoms with Crippen LogP contribution in [0.1, 0.15) is 12.8 Å². The monoisotopic (exact) mass is 376 g/mol. The minimum Gasteiger partial charge on any atom is -0.258 e. The Morgan fingerprint density at radius 1 is 0.864 bits per heavy atom. The summed E-state index contributed by atoms with van der Waals surface area (Å²) in [4.78, 5) is 11.2. The number of hydrogen-bond donors (Lipinski definition) is 0. The third-order valence-corrected chi connectivity index (χ3v) is 6.81. The van der Waals surface area contributed by atoms with E-state index in [1.165, 1.54) is 0 Å². The first-order chi connectivity index (χ1) is 10.6. The van der Waals surface area contributed by atoms with E-state index in [1.54, 1.807) is 46.2 Å². The van der Waals surface area contributed by atoms with Crippen molar-refractivity contribution < 1.29 is 0 Å². The number of aromatic nitrogens is 4. The van der Waals surface area contributed by atoms with E-state index in [0.717, 1.165) is 44.2 Å². The maximum atomic E-state index is 4.60. The van der Waals surface area contributed by atoms with Gasteiger partial charge < -0.3 is 0 Å². The summed E-state index contributed by atoms with van der Waals surface area (Å²) in [5, 5.41) is 8.76. The topological polar surface area (TPSA) is 60.4 Å². The molecule has 0 bridgehead atoms. The predicted octanol–water partition coefficient (Wildman–Crippen LogP) is 2.00. The van der Waals surface area contributed by atoms with Crippen LogP contribution in [0.25, 0.3) is 0 Å². The van der Waals surface area contributed by atoms with E-state index >= 15 is 0 Å². The lowest BCUT2D eigenvalue weighted by molar-refractivity contribution is 0.666. The van der Waals surface area contributed by atoms with Crippen molar-refractivity contribution in [2.24, 2.45) is 24.1 Å². The molecule has 0 aliphatic carbocycles. The Hall–Kier alpha value is -0.580. The number of nitrogens with zero attached hydrogens (tertiary/aromatic N) is 6. The molecular formula is C12H20N6S4. The molecule has 0 amide bonds. The van der Waals surface area contributed by atoms with Gasteiger partial charge in [0, 0.05) is 27.2 Å². The van der Waals surface area contributed by atoms with E-state index in [-0.39, 0.29) is 0 Å². The minimum atomic E-state index is 0.824. The second kappa shape index (κ2) is 8.90. The van der Waals surface area contributed by atoms with Crippen molar-refractivity contribution in [3.8, 4) is 0 Å². The van der Waals surface area contributed by atoms with Crippen LogP contribution in [0.4, 0.5) is 0 Å². The average Bonchev–Trinajstić information content (AvgIpc) is 3.05. The zero-order valence-corrected chi connectivity index (χ0v) is 16.4. The molecule has 0 fully saturated rings. The Morgan fingerprint density at radius 2 is 1.27 bits per heavy atom. The molecule has 0 N–H and O–H groups in total. The van der Waals surface area contributed by atoms with E-state index in [2.05, 4.69) is 20.2 Å². The van der Waals surface area contributed by atoms with Gasteiger partial charge in [0.15, 0.2) is 8.68 Å². The predicted molar refractivity (Wildman–Crippen MR) is 95.8 cm³/mol. The van der Waals surface area contributed by atoms with Crippen molar-refractivity contribution in [3.63, 3.8) is 0 Å². The van der Waals surface area contributed by atoms with Gasteiger partial charge in [0.05, 0.1) is 0 Å². The second-order valence-electron chi connectivity index (χ2n) is 4.43. The van der Waals surface area contributed by atoms with Crippen LogP contribution in [0.15, 0.2) is 18.7 Å². The van der Waals surface area contributed by atoms with Gasteiger partial charge in [0.25, 0.3) is 0 Å². The smallest absolute Gasteiger partial charge is 0.203 e. The van der Waals surface area contributed by atoms with Gasteiger partial charge >= 0.3 is 0 Å². The number of thioether (sulfide) groups is 2. The summed E-state index contributed by atoms with van der Waals surface area (Å²) in [6.07, 6.45) is 6.14. The largest absolute Gasteiger partial charge is 0.258 e. The van der Waals surface area contributed by atoms with Gasteiger partial charge in [-0.3, -0.25) is 9.98 Å². The summed E-state index contributed by atoms with van der Waals surface area (Å²) in [7, 11) is 3.88. The van der Waals surface area contributed by atoms with Gasteiger partial charge in [0.2, 0.25) is 9.60 Å². The Balaban J connectivity index is 1.82. The lowest BCUT2D eigenvalue weighted by Gasteiger charge is -1.93. The fourth-order valence-corrected chi connectivity index (χ4v) is 4.49. The molecule has 22 heavy (non-hydrogen) atoms. The molecule has 6 nitrogen and oxygen atoms in total. The van der Waals surface area contributed by atoms with Crippen LogP contribution in [-0.4, -0.2) is 45.2 Å². The standard InChI is InChI=1S/C12H20N6S4/c1-17-9(21-11(15-17)19-3)13-7-5-6-8-14-10-18(2)16-12(20-4)22-10/h5-8H2,1-4H3. The average molecular weight is 377 g/mol. The molecule has 0 atom stereocenters. The number of aryl methyl sites for hydroxylation is 2. The van der Waals surface area contributed by atoms with E-state index < -0.39 is 0 Å². The fraction of sp³-hybridized carbons (Fsp3) is 0.667. The number of rotatable bonds is 7. The molecule has 0 saturated carbocycles. The van der Waals surface area contributed by atoms with Crippen molar-refractivity contribution in [3.05, 3.63) is 9.60 Å². The Kier molecular flexibility index (Phi) is 7.19. The van der Waals surface area contributed by atoms with Crippen LogP contribution < -0.4 is 9.60 Å². The molecule has 0 radical (unpaired) electrons. The quantitative estimate of drug-likeness (QED) is 0.548. The highest BCUT2D eigenvalue weighted by Gasteiger charge is 2.00. The molecule has 0 spiro atoms. The lowest BCUT2D eigenvalue weighted by atomic mass is 10.3. The molecule has 0 aromatic carbocycles. The van der Waals surface area contributed by atoms with E-state index in [1.807, 2.05) is 36.0 Å². The van der Waals surface area contributed by atoms with Crippen molar-refractivity contribution >= 4 is 46.2 Å². The Morgan fingerprint density at radius 3 is 1.59 bits per heavy atom. The third kappa shape index (κ3) is 4.97. The van der Waals surface area contributed by atoms with Crippen LogP contribution in [0.5, 0.6) is 0 Å². The van der Waals surface area contributed by atoms with Crippen molar-refractivity contribution in [2.75, 3.05) is 25.6 Å². The van der Waals surface area contributed by atoms with Gasteiger partial charge in [-0.2, -0.15) is 10.2 Å². The van der Waals surface area contributed by atoms with E-state index in [0.29, 0.717) is 0 Å². The maximum Gasteiger partial charge on any atom is 0.203 e. The number of hydrogen-bond acceptors (Lipinski definition) is 8. The van der Waals surface area contributed by atoms with Gasteiger partial charge in [-0.1, -0.05) is 46.2 Å². The molecule has 2 aromatic rings. The zero-order chi connectivity index (χ0) is 15.9. The fourth-order valence-electron chi connectivity index (χ4n) is 1.67. The first-order valence-corrected chi connectivity index (χ1v) is 10.9. The Labute approximate surface area is 146 Å². The molecule has 10 heteroatoms. The summed E-state index contributed by atoms with van der Waals surface area (Å²) >= 11 is 6.59. The second-order valence-corrected chi connectivity index (χ2v) is 8.45. The van der Waals surface area contributed by atoms with Crippen molar-refractivity contribution in [1.29, 1.82) is 0 Å². The molecule has 0 unspecified atom stereocenters. The molecular weight excluding hydrogens is 356 g/mol. The molecule has 0 aliphatic rings. The first-order valence-electron chi connectivity index (χ1n) is 6.81. The maximum absolute atomic E-state index is 4.60. The molecule has 2 rings (SSSR count). The van der Waals surface area contributed by atoms with Crippen LogP contribution in [-0.2, 0) is 14.1 Å². The highest BCUT2D eigenvalue weighted by molar-refractivity contribution is 8.00. The highest BCUT2D eigenvalue weighted by atomic mass is 32.2. The van der Waals surface area contributed by atoms with Crippen molar-refractivity contribution in [1.82, 2.24) is 19.6 Å². The molecule has 0 aliphatic heterocycles. The lowest BCUT2D eigenvalue weighted by Crippen LogP contribution is -2.13. The van der Waals surface area contributed by atoms with Crippen LogP contribution >= 0.6 is 46.2 Å². The minimum absolute atomic E-state index is 0.824. The van der Waals surface area contributed by atoms with Crippen LogP contribution in [0, 0.1) is 0 Å².